The van der Waals surface area contributed by atoms with Crippen molar-refractivity contribution in [2.45, 2.75) is 31.9 Å². The van der Waals surface area contributed by atoms with E-state index in [4.69, 9.17) is 4.74 Å². The highest BCUT2D eigenvalue weighted by Gasteiger charge is 2.33. The van der Waals surface area contributed by atoms with Crippen LogP contribution in [0.25, 0.3) is 10.2 Å². The van der Waals surface area contributed by atoms with Gasteiger partial charge in [-0.05, 0) is 20.8 Å². The maximum absolute atomic E-state index is 13.8. The minimum atomic E-state index is -4.79. The summed E-state index contributed by atoms with van der Waals surface area (Å²) in [5.74, 6) is -3.28. The van der Waals surface area contributed by atoms with E-state index in [-0.39, 0.29) is 9.83 Å². The summed E-state index contributed by atoms with van der Waals surface area (Å²) in [5.41, 5.74) is -6.08. The molecule has 0 fully saturated rings. The van der Waals surface area contributed by atoms with Crippen molar-refractivity contribution in [3.8, 4) is 5.75 Å². The Bertz CT molecular complexity index is 802. The van der Waals surface area contributed by atoms with Crippen LogP contribution in [0.15, 0.2) is 6.07 Å². The molecule has 1 amide bonds. The molecule has 1 N–H and O–H groups in total. The second-order valence-electron chi connectivity index (χ2n) is 5.61. The summed E-state index contributed by atoms with van der Waals surface area (Å²) in [6, 6.07) is 0.379. The lowest BCUT2D eigenvalue weighted by molar-refractivity contribution is -0.0370. The minimum Gasteiger partial charge on any atom is -0.444 e. The smallest absolute Gasteiger partial charge is 0.444 e. The van der Waals surface area contributed by atoms with E-state index in [9.17, 15) is 26.7 Å². The number of carbonyl (C=O) groups is 1. The van der Waals surface area contributed by atoms with Gasteiger partial charge in [0.25, 0.3) is 0 Å². The van der Waals surface area contributed by atoms with E-state index in [1.165, 1.54) is 0 Å². The Morgan fingerprint density at radius 3 is 2.44 bits per heavy atom. The van der Waals surface area contributed by atoms with Gasteiger partial charge in [0, 0.05) is 6.07 Å². The van der Waals surface area contributed by atoms with E-state index in [2.05, 4.69) is 14.5 Å². The van der Waals surface area contributed by atoms with Crippen LogP contribution in [0.1, 0.15) is 20.8 Å². The summed E-state index contributed by atoms with van der Waals surface area (Å²) in [6.07, 6.45) is -0.903. The number of amides is 1. The molecule has 0 bridgehead atoms. The molecule has 0 atom stereocenters. The first kappa shape index (κ1) is 19.5. The first-order valence-corrected chi connectivity index (χ1v) is 8.12. The summed E-state index contributed by atoms with van der Waals surface area (Å²) in [6.45, 7) is 4.83. The minimum absolute atomic E-state index is 0.185. The Kier molecular flexibility index (Phi) is 5.33. The number of ether oxygens (including phenoxy) is 1. The van der Waals surface area contributed by atoms with E-state index >= 15 is 0 Å². The number of rotatable bonds is 3. The molecule has 0 unspecified atom stereocenters. The van der Waals surface area contributed by atoms with E-state index in [1.807, 2.05) is 0 Å². The molecular formula is C13H11F5N2O3S2. The number of nitrogens with zero attached hydrogens (tertiary/aromatic N) is 1. The second-order valence-corrected chi connectivity index (χ2v) is 7.40. The van der Waals surface area contributed by atoms with Crippen molar-refractivity contribution >= 4 is 44.8 Å². The molecule has 0 aliphatic rings. The van der Waals surface area contributed by atoms with Crippen molar-refractivity contribution in [1.82, 2.24) is 4.98 Å². The van der Waals surface area contributed by atoms with Gasteiger partial charge in [0.15, 0.2) is 23.0 Å². The monoisotopic (exact) mass is 402 g/mol. The Hall–Kier alpha value is -1.82. The van der Waals surface area contributed by atoms with Gasteiger partial charge < -0.3 is 8.92 Å². The third-order valence-electron chi connectivity index (χ3n) is 2.36. The molecular weight excluding hydrogens is 391 g/mol. The van der Waals surface area contributed by atoms with Gasteiger partial charge in [0.1, 0.15) is 16.9 Å². The number of hydrogen-bond donors (Lipinski definition) is 1. The average Bonchev–Trinajstić information content (AvgIpc) is 2.78. The molecule has 0 radical (unpaired) electrons. The number of halogens is 5. The number of nitrogens with one attached hydrogen (secondary N) is 1. The molecule has 0 saturated heterocycles. The molecule has 2 rings (SSSR count). The highest BCUT2D eigenvalue weighted by Crippen LogP contribution is 2.40. The Morgan fingerprint density at radius 2 is 1.88 bits per heavy atom. The number of fused-ring (bicyclic) bond motifs is 1. The molecule has 1 heterocycles. The molecule has 5 nitrogen and oxygen atoms in total. The maximum Gasteiger partial charge on any atom is 0.479 e. The fourth-order valence-corrected chi connectivity index (χ4v) is 2.80. The standard InChI is InChI=1S/C13H11F5N2O3S2/c1-12(2,3)22-11(21)20-10-19-7-8(23-25-13(16,17)18)5(14)4-6(15)9(7)24-10/h4H,1-3H3,(H,19,20,21). The number of aromatic nitrogens is 1. The maximum atomic E-state index is 13.8. The second kappa shape index (κ2) is 6.83. The molecule has 1 aromatic carbocycles. The van der Waals surface area contributed by atoms with Crippen LogP contribution >= 0.6 is 23.4 Å². The van der Waals surface area contributed by atoms with E-state index in [1.54, 1.807) is 20.8 Å². The van der Waals surface area contributed by atoms with Crippen molar-refractivity contribution < 1.29 is 35.7 Å². The number of carbonyl (C=O) groups excluding carboxylic acids is 1. The van der Waals surface area contributed by atoms with Crippen LogP contribution in [-0.4, -0.2) is 22.2 Å². The summed E-state index contributed by atoms with van der Waals surface area (Å²) in [5, 5.41) is 2.02. The molecule has 2 aromatic rings. The number of anilines is 1. The zero-order chi connectivity index (χ0) is 19.0. The van der Waals surface area contributed by atoms with Crippen LogP contribution in [0.4, 0.5) is 31.9 Å². The van der Waals surface area contributed by atoms with Crippen molar-refractivity contribution in [2.24, 2.45) is 0 Å². The SMILES string of the molecule is CC(C)(C)OC(=O)Nc1nc2c(OSC(F)(F)F)c(F)cc(F)c2s1. The molecule has 1 aromatic heterocycles. The van der Waals surface area contributed by atoms with E-state index in [0.717, 1.165) is 0 Å². The average molecular weight is 402 g/mol. The zero-order valence-electron chi connectivity index (χ0n) is 13.0. The molecule has 0 aliphatic heterocycles. The van der Waals surface area contributed by atoms with Crippen molar-refractivity contribution in [2.75, 3.05) is 5.32 Å². The van der Waals surface area contributed by atoms with Gasteiger partial charge in [0.2, 0.25) is 5.75 Å². The first-order chi connectivity index (χ1) is 11.4. The molecule has 0 spiro atoms. The molecule has 138 valence electrons. The fourth-order valence-electron chi connectivity index (χ4n) is 1.60. The van der Waals surface area contributed by atoms with Crippen molar-refractivity contribution in [3.05, 3.63) is 17.7 Å². The normalized spacial score (nSPS) is 12.3. The molecule has 25 heavy (non-hydrogen) atoms. The topological polar surface area (TPSA) is 60.5 Å². The Labute approximate surface area is 146 Å². The third kappa shape index (κ3) is 5.33. The van der Waals surface area contributed by atoms with Gasteiger partial charge in [-0.15, -0.1) is 0 Å². The number of alkyl halides is 3. The van der Waals surface area contributed by atoms with Crippen LogP contribution in [0.3, 0.4) is 0 Å². The van der Waals surface area contributed by atoms with Crippen LogP contribution in [0.2, 0.25) is 0 Å². The number of benzene rings is 1. The highest BCUT2D eigenvalue weighted by molar-refractivity contribution is 7.95. The number of hydrogen-bond acceptors (Lipinski definition) is 6. The van der Waals surface area contributed by atoms with Gasteiger partial charge in [-0.1, -0.05) is 11.3 Å². The summed E-state index contributed by atoms with van der Waals surface area (Å²) in [7, 11) is 0. The molecule has 0 saturated carbocycles. The van der Waals surface area contributed by atoms with Gasteiger partial charge in [-0.3, -0.25) is 5.32 Å². The predicted octanol–water partition coefficient (Wildman–Crippen LogP) is 5.47. The Balaban J connectivity index is 2.34. The van der Waals surface area contributed by atoms with E-state index in [0.29, 0.717) is 17.4 Å². The Morgan fingerprint density at radius 1 is 1.24 bits per heavy atom. The van der Waals surface area contributed by atoms with Gasteiger partial charge >= 0.3 is 11.6 Å². The molecule has 0 aliphatic carbocycles. The van der Waals surface area contributed by atoms with Gasteiger partial charge in [0.05, 0.1) is 4.70 Å². The van der Waals surface area contributed by atoms with Gasteiger partial charge in [-0.2, -0.15) is 13.2 Å². The zero-order valence-corrected chi connectivity index (χ0v) is 14.6. The lowest BCUT2D eigenvalue weighted by atomic mass is 10.2. The van der Waals surface area contributed by atoms with Crippen LogP contribution in [-0.2, 0) is 4.74 Å². The van der Waals surface area contributed by atoms with Crippen LogP contribution < -0.4 is 9.50 Å². The lowest BCUT2D eigenvalue weighted by Crippen LogP contribution is -2.27. The quantitative estimate of drug-likeness (QED) is 0.545. The third-order valence-corrected chi connectivity index (χ3v) is 3.78. The summed E-state index contributed by atoms with van der Waals surface area (Å²) in [4.78, 5) is 15.4. The highest BCUT2D eigenvalue weighted by atomic mass is 32.2. The first-order valence-electron chi connectivity index (χ1n) is 6.57. The number of thiazole rings is 1. The van der Waals surface area contributed by atoms with Gasteiger partial charge in [-0.25, -0.2) is 18.6 Å². The largest absolute Gasteiger partial charge is 0.479 e. The van der Waals surface area contributed by atoms with Crippen molar-refractivity contribution in [3.63, 3.8) is 0 Å². The van der Waals surface area contributed by atoms with Crippen LogP contribution in [0, 0.1) is 11.6 Å². The molecule has 12 heteroatoms. The van der Waals surface area contributed by atoms with Crippen LogP contribution in [0.5, 0.6) is 5.75 Å². The van der Waals surface area contributed by atoms with E-state index < -0.39 is 52.1 Å². The predicted molar refractivity (Wildman–Crippen MR) is 83.7 cm³/mol. The summed E-state index contributed by atoms with van der Waals surface area (Å²) < 4.78 is 73.3. The lowest BCUT2D eigenvalue weighted by Gasteiger charge is -2.18. The summed E-state index contributed by atoms with van der Waals surface area (Å²) >= 11 is -0.358. The fraction of sp³-hybridized carbons (Fsp3) is 0.385. The van der Waals surface area contributed by atoms with Crippen molar-refractivity contribution in [1.29, 1.82) is 0 Å².